The first-order valence-electron chi connectivity index (χ1n) is 11.0. The summed E-state index contributed by atoms with van der Waals surface area (Å²) in [4.78, 5) is 18.0. The van der Waals surface area contributed by atoms with E-state index in [1.807, 2.05) is 18.2 Å². The van der Waals surface area contributed by atoms with Crippen LogP contribution in [0.4, 0.5) is 13.2 Å². The lowest BCUT2D eigenvalue weighted by molar-refractivity contribution is -0.274. The lowest BCUT2D eigenvalue weighted by Crippen LogP contribution is -2.47. The summed E-state index contributed by atoms with van der Waals surface area (Å²) in [6, 6.07) is 11.3. The van der Waals surface area contributed by atoms with Crippen LogP contribution in [0.2, 0.25) is 0 Å². The van der Waals surface area contributed by atoms with Crippen molar-refractivity contribution < 1.29 is 40.7 Å². The fraction of sp³-hybridized carbons (Fsp3) is 0.391. The van der Waals surface area contributed by atoms with E-state index in [4.69, 9.17) is 9.57 Å². The Morgan fingerprint density at radius 1 is 1.14 bits per heavy atom. The Kier molecular flexibility index (Phi) is 7.14. The molecular weight excluding hydrogens is 503 g/mol. The molecule has 9 nitrogen and oxygen atoms in total. The van der Waals surface area contributed by atoms with Gasteiger partial charge in [0.1, 0.15) is 22.8 Å². The topological polar surface area (TPSA) is 107 Å². The number of benzene rings is 2. The zero-order chi connectivity index (χ0) is 26.0. The molecule has 36 heavy (non-hydrogen) atoms. The van der Waals surface area contributed by atoms with E-state index in [0.29, 0.717) is 18.6 Å². The van der Waals surface area contributed by atoms with Crippen molar-refractivity contribution in [1.29, 1.82) is 0 Å². The number of methoxy groups -OCH3 is 1. The Balaban J connectivity index is 1.31. The van der Waals surface area contributed by atoms with Crippen LogP contribution in [0, 0.1) is 0 Å². The maximum Gasteiger partial charge on any atom is 0.573 e. The average Bonchev–Trinajstić information content (AvgIpc) is 3.25. The highest BCUT2D eigenvalue weighted by Crippen LogP contribution is 2.36. The third kappa shape index (κ3) is 5.90. The molecule has 2 heterocycles. The van der Waals surface area contributed by atoms with Gasteiger partial charge in [0.2, 0.25) is 10.0 Å². The highest BCUT2D eigenvalue weighted by Gasteiger charge is 2.45. The number of piperidine rings is 1. The number of ether oxygens (including phenoxy) is 2. The maximum absolute atomic E-state index is 12.9. The van der Waals surface area contributed by atoms with Gasteiger partial charge in [-0.1, -0.05) is 17.3 Å². The van der Waals surface area contributed by atoms with Gasteiger partial charge >= 0.3 is 6.36 Å². The van der Waals surface area contributed by atoms with Gasteiger partial charge in [0, 0.05) is 38.9 Å². The molecule has 2 aromatic carbocycles. The standard InChI is InChI=1S/C23H24F3N3O6S/c1-33-18-4-2-3-16(13-18)15-27-21(30)20-14-22(35-28-20)9-11-29(12-10-22)36(31,32)19-7-5-17(6-8-19)34-23(24,25)26/h2-8,13H,9-12,14-15H2,1H3,(H,27,30). The number of hydrogen-bond acceptors (Lipinski definition) is 7. The van der Waals surface area contributed by atoms with Crippen molar-refractivity contribution in [1.82, 2.24) is 9.62 Å². The van der Waals surface area contributed by atoms with Gasteiger partial charge in [-0.05, 0) is 42.0 Å². The number of nitrogens with zero attached hydrogens (tertiary/aromatic N) is 2. The van der Waals surface area contributed by atoms with Gasteiger partial charge in [-0.25, -0.2) is 8.42 Å². The van der Waals surface area contributed by atoms with E-state index in [1.54, 1.807) is 13.2 Å². The van der Waals surface area contributed by atoms with Crippen LogP contribution in [0.1, 0.15) is 24.8 Å². The molecule has 0 radical (unpaired) electrons. The molecule has 1 N–H and O–H groups in total. The number of carbonyl (C=O) groups is 1. The summed E-state index contributed by atoms with van der Waals surface area (Å²) in [5.74, 6) is -0.201. The fourth-order valence-electron chi connectivity index (χ4n) is 4.07. The molecule has 2 aliphatic heterocycles. The first-order valence-corrected chi connectivity index (χ1v) is 12.5. The van der Waals surface area contributed by atoms with E-state index < -0.39 is 27.7 Å². The van der Waals surface area contributed by atoms with Crippen molar-refractivity contribution in [2.24, 2.45) is 5.16 Å². The molecule has 1 spiro atoms. The van der Waals surface area contributed by atoms with Gasteiger partial charge < -0.3 is 19.6 Å². The molecule has 4 rings (SSSR count). The van der Waals surface area contributed by atoms with Crippen LogP contribution >= 0.6 is 0 Å². The summed E-state index contributed by atoms with van der Waals surface area (Å²) in [6.07, 6.45) is -4.01. The van der Waals surface area contributed by atoms with E-state index in [9.17, 15) is 26.4 Å². The molecule has 0 atom stereocenters. The summed E-state index contributed by atoms with van der Waals surface area (Å²) in [5.41, 5.74) is 0.307. The van der Waals surface area contributed by atoms with Crippen LogP contribution in [0.15, 0.2) is 58.6 Å². The first kappa shape index (κ1) is 25.8. The zero-order valence-electron chi connectivity index (χ0n) is 19.2. The van der Waals surface area contributed by atoms with Crippen molar-refractivity contribution >= 4 is 21.6 Å². The molecule has 2 aliphatic rings. The predicted molar refractivity (Wildman–Crippen MR) is 122 cm³/mol. The average molecular weight is 528 g/mol. The maximum atomic E-state index is 12.9. The molecule has 1 saturated heterocycles. The number of hydrogen-bond donors (Lipinski definition) is 1. The molecule has 0 saturated carbocycles. The molecular formula is C23H24F3N3O6S. The van der Waals surface area contributed by atoms with Crippen LogP contribution < -0.4 is 14.8 Å². The van der Waals surface area contributed by atoms with E-state index in [2.05, 4.69) is 15.2 Å². The van der Waals surface area contributed by atoms with Gasteiger partial charge in [-0.15, -0.1) is 13.2 Å². The second kappa shape index (κ2) is 9.97. The highest BCUT2D eigenvalue weighted by atomic mass is 32.2. The number of oxime groups is 1. The number of carbonyl (C=O) groups excluding carboxylic acids is 1. The minimum absolute atomic E-state index is 0.108. The van der Waals surface area contributed by atoms with Gasteiger partial charge in [-0.3, -0.25) is 4.79 Å². The molecule has 2 aromatic rings. The SMILES string of the molecule is COc1cccc(CNC(=O)C2=NOC3(CCN(S(=O)(=O)c4ccc(OC(F)(F)F)cc4)CC3)C2)c1. The molecule has 1 fully saturated rings. The van der Waals surface area contributed by atoms with Crippen LogP contribution in [-0.4, -0.2) is 56.5 Å². The van der Waals surface area contributed by atoms with E-state index in [1.165, 1.54) is 4.31 Å². The third-order valence-electron chi connectivity index (χ3n) is 6.02. The van der Waals surface area contributed by atoms with Crippen molar-refractivity contribution in [2.75, 3.05) is 20.2 Å². The summed E-state index contributed by atoms with van der Waals surface area (Å²) < 4.78 is 73.1. The third-order valence-corrected chi connectivity index (χ3v) is 7.93. The Hall–Kier alpha value is -3.32. The molecule has 194 valence electrons. The summed E-state index contributed by atoms with van der Waals surface area (Å²) in [7, 11) is -2.37. The zero-order valence-corrected chi connectivity index (χ0v) is 20.1. The Morgan fingerprint density at radius 2 is 1.83 bits per heavy atom. The van der Waals surface area contributed by atoms with Crippen molar-refractivity contribution in [2.45, 2.75) is 42.7 Å². The molecule has 0 unspecified atom stereocenters. The number of alkyl halides is 3. The smallest absolute Gasteiger partial charge is 0.497 e. The lowest BCUT2D eigenvalue weighted by atomic mass is 9.87. The number of halogens is 3. The van der Waals surface area contributed by atoms with E-state index >= 15 is 0 Å². The minimum Gasteiger partial charge on any atom is -0.497 e. The predicted octanol–water partition coefficient (Wildman–Crippen LogP) is 3.21. The highest BCUT2D eigenvalue weighted by molar-refractivity contribution is 7.89. The minimum atomic E-state index is -4.87. The normalized spacial score (nSPS) is 17.8. The first-order chi connectivity index (χ1) is 17.0. The van der Waals surface area contributed by atoms with E-state index in [-0.39, 0.29) is 42.6 Å². The summed E-state index contributed by atoms with van der Waals surface area (Å²) in [5, 5.41) is 6.74. The van der Waals surface area contributed by atoms with Crippen molar-refractivity contribution in [3.63, 3.8) is 0 Å². The van der Waals surface area contributed by atoms with Crippen LogP contribution in [0.25, 0.3) is 0 Å². The van der Waals surface area contributed by atoms with Crippen LogP contribution in [-0.2, 0) is 26.2 Å². The number of amides is 1. The fourth-order valence-corrected chi connectivity index (χ4v) is 5.52. The lowest BCUT2D eigenvalue weighted by Gasteiger charge is -2.36. The second-order valence-electron chi connectivity index (χ2n) is 8.45. The summed E-state index contributed by atoms with van der Waals surface area (Å²) >= 11 is 0. The van der Waals surface area contributed by atoms with Crippen molar-refractivity contribution in [3.8, 4) is 11.5 Å². The van der Waals surface area contributed by atoms with Gasteiger partial charge in [0.15, 0.2) is 0 Å². The van der Waals surface area contributed by atoms with Gasteiger partial charge in [0.25, 0.3) is 5.91 Å². The molecule has 1 amide bonds. The Labute approximate surface area is 205 Å². The number of sulfonamides is 1. The van der Waals surface area contributed by atoms with Crippen LogP contribution in [0.3, 0.4) is 0 Å². The molecule has 13 heteroatoms. The Bertz CT molecular complexity index is 1240. The number of nitrogens with one attached hydrogen (secondary N) is 1. The molecule has 0 aromatic heterocycles. The van der Waals surface area contributed by atoms with Gasteiger partial charge in [-0.2, -0.15) is 4.31 Å². The quantitative estimate of drug-likeness (QED) is 0.593. The van der Waals surface area contributed by atoms with Crippen molar-refractivity contribution in [3.05, 3.63) is 54.1 Å². The Morgan fingerprint density at radius 3 is 2.47 bits per heavy atom. The summed E-state index contributed by atoms with van der Waals surface area (Å²) in [6.45, 7) is 0.496. The van der Waals surface area contributed by atoms with E-state index in [0.717, 1.165) is 29.8 Å². The van der Waals surface area contributed by atoms with Gasteiger partial charge in [0.05, 0.1) is 12.0 Å². The molecule has 0 aliphatic carbocycles. The largest absolute Gasteiger partial charge is 0.573 e. The second-order valence-corrected chi connectivity index (χ2v) is 10.4. The number of rotatable bonds is 7. The molecule has 0 bridgehead atoms. The monoisotopic (exact) mass is 527 g/mol. The van der Waals surface area contributed by atoms with Crippen LogP contribution in [0.5, 0.6) is 11.5 Å².